The molecule has 8 nitrogen and oxygen atoms in total. The molecule has 0 bridgehead atoms. The Balaban J connectivity index is 1.43. The topological polar surface area (TPSA) is 106 Å². The number of aryl methyl sites for hydroxylation is 1. The molecule has 0 aliphatic carbocycles. The van der Waals surface area contributed by atoms with E-state index in [2.05, 4.69) is 20.3 Å². The minimum absolute atomic E-state index is 0.0543. The molecule has 3 aromatic rings. The Hall–Kier alpha value is -3.68. The maximum atomic E-state index is 12.4. The standard InChI is InChI=1S/C20H18N4O4/c1-12-14(20(26)24-19(23-12)15-4-2-3-7-21-15)9-18(25)22-10-13-5-6-16-17(8-13)28-11-27-16/h2-8H,9-11H2,1H3,(H,22,25)(H,23,24,26). The first kappa shape index (κ1) is 17.7. The zero-order valence-corrected chi connectivity index (χ0v) is 15.2. The summed E-state index contributed by atoms with van der Waals surface area (Å²) < 4.78 is 10.6. The first-order chi connectivity index (χ1) is 13.6. The highest BCUT2D eigenvalue weighted by atomic mass is 16.7. The molecule has 0 atom stereocenters. The van der Waals surface area contributed by atoms with Crippen LogP contribution < -0.4 is 20.3 Å². The lowest BCUT2D eigenvalue weighted by Crippen LogP contribution is -2.28. The fraction of sp³-hybridized carbons (Fsp3) is 0.200. The lowest BCUT2D eigenvalue weighted by molar-refractivity contribution is -0.120. The number of amides is 1. The zero-order chi connectivity index (χ0) is 19.5. The van der Waals surface area contributed by atoms with Gasteiger partial charge in [0.1, 0.15) is 5.69 Å². The molecule has 4 rings (SSSR count). The van der Waals surface area contributed by atoms with Crippen LogP contribution in [0.1, 0.15) is 16.8 Å². The van der Waals surface area contributed by atoms with Crippen LogP contribution in [0.3, 0.4) is 0 Å². The van der Waals surface area contributed by atoms with Crippen molar-refractivity contribution >= 4 is 5.91 Å². The van der Waals surface area contributed by atoms with Crippen molar-refractivity contribution in [3.8, 4) is 23.0 Å². The number of carbonyl (C=O) groups excluding carboxylic acids is 1. The van der Waals surface area contributed by atoms with Gasteiger partial charge in [-0.3, -0.25) is 14.6 Å². The van der Waals surface area contributed by atoms with E-state index in [1.807, 2.05) is 18.2 Å². The number of aromatic amines is 1. The van der Waals surface area contributed by atoms with Crippen molar-refractivity contribution in [2.24, 2.45) is 0 Å². The lowest BCUT2D eigenvalue weighted by Gasteiger charge is -2.09. The second-order valence-electron chi connectivity index (χ2n) is 6.33. The number of rotatable bonds is 5. The molecule has 0 radical (unpaired) electrons. The van der Waals surface area contributed by atoms with Gasteiger partial charge in [-0.05, 0) is 36.8 Å². The van der Waals surface area contributed by atoms with E-state index >= 15 is 0 Å². The Bertz CT molecular complexity index is 1080. The minimum atomic E-state index is -0.341. The summed E-state index contributed by atoms with van der Waals surface area (Å²) in [6, 6.07) is 10.8. The number of ether oxygens (including phenoxy) is 2. The molecule has 0 saturated carbocycles. The second kappa shape index (κ2) is 7.51. The molecule has 142 valence electrons. The summed E-state index contributed by atoms with van der Waals surface area (Å²) in [5.41, 5.74) is 1.95. The minimum Gasteiger partial charge on any atom is -0.454 e. The third kappa shape index (κ3) is 3.71. The quantitative estimate of drug-likeness (QED) is 0.700. The normalized spacial score (nSPS) is 12.0. The van der Waals surface area contributed by atoms with E-state index in [-0.39, 0.29) is 24.7 Å². The SMILES string of the molecule is Cc1nc(-c2ccccn2)[nH]c(=O)c1CC(=O)NCc1ccc2c(c1)OCO2. The van der Waals surface area contributed by atoms with Crippen molar-refractivity contribution in [1.82, 2.24) is 20.3 Å². The fourth-order valence-corrected chi connectivity index (χ4v) is 2.92. The van der Waals surface area contributed by atoms with Crippen LogP contribution in [0.2, 0.25) is 0 Å². The van der Waals surface area contributed by atoms with Gasteiger partial charge in [0.15, 0.2) is 17.3 Å². The molecular formula is C20H18N4O4. The van der Waals surface area contributed by atoms with Crippen molar-refractivity contribution in [3.05, 3.63) is 69.8 Å². The number of hydrogen-bond acceptors (Lipinski definition) is 6. The molecule has 0 saturated heterocycles. The molecule has 0 fully saturated rings. The van der Waals surface area contributed by atoms with E-state index in [9.17, 15) is 9.59 Å². The van der Waals surface area contributed by atoms with Crippen molar-refractivity contribution in [1.29, 1.82) is 0 Å². The summed E-state index contributed by atoms with van der Waals surface area (Å²) in [7, 11) is 0. The van der Waals surface area contributed by atoms with Crippen LogP contribution in [-0.2, 0) is 17.8 Å². The predicted octanol–water partition coefficient (Wildman–Crippen LogP) is 1.73. The van der Waals surface area contributed by atoms with Gasteiger partial charge < -0.3 is 19.8 Å². The number of nitrogens with zero attached hydrogens (tertiary/aromatic N) is 2. The molecule has 28 heavy (non-hydrogen) atoms. The Morgan fingerprint density at radius 3 is 2.86 bits per heavy atom. The van der Waals surface area contributed by atoms with Gasteiger partial charge in [0.05, 0.1) is 6.42 Å². The molecule has 3 heterocycles. The van der Waals surface area contributed by atoms with E-state index in [0.29, 0.717) is 40.8 Å². The zero-order valence-electron chi connectivity index (χ0n) is 15.2. The number of pyridine rings is 1. The number of hydrogen-bond donors (Lipinski definition) is 2. The van der Waals surface area contributed by atoms with Gasteiger partial charge >= 0.3 is 0 Å². The molecule has 0 unspecified atom stereocenters. The first-order valence-electron chi connectivity index (χ1n) is 8.76. The molecule has 2 aromatic heterocycles. The van der Waals surface area contributed by atoms with Gasteiger partial charge in [-0.1, -0.05) is 12.1 Å². The molecule has 1 aliphatic rings. The molecule has 0 spiro atoms. The average Bonchev–Trinajstić information content (AvgIpc) is 3.17. The van der Waals surface area contributed by atoms with E-state index in [0.717, 1.165) is 5.56 Å². The summed E-state index contributed by atoms with van der Waals surface area (Å²) in [5, 5.41) is 2.81. The van der Waals surface area contributed by atoms with Gasteiger partial charge in [-0.2, -0.15) is 0 Å². The summed E-state index contributed by atoms with van der Waals surface area (Å²) in [4.78, 5) is 36.0. The summed E-state index contributed by atoms with van der Waals surface area (Å²) in [6.07, 6.45) is 1.57. The highest BCUT2D eigenvalue weighted by Crippen LogP contribution is 2.32. The second-order valence-corrected chi connectivity index (χ2v) is 6.33. The molecule has 8 heteroatoms. The maximum Gasteiger partial charge on any atom is 0.255 e. The number of aromatic nitrogens is 3. The predicted molar refractivity (Wildman–Crippen MR) is 101 cm³/mol. The van der Waals surface area contributed by atoms with Gasteiger partial charge in [-0.25, -0.2) is 4.98 Å². The largest absolute Gasteiger partial charge is 0.454 e. The molecule has 1 aromatic carbocycles. The van der Waals surface area contributed by atoms with E-state index < -0.39 is 0 Å². The summed E-state index contributed by atoms with van der Waals surface area (Å²) in [5.74, 6) is 1.47. The van der Waals surface area contributed by atoms with Crippen LogP contribution in [0.25, 0.3) is 11.5 Å². The van der Waals surface area contributed by atoms with Gasteiger partial charge in [-0.15, -0.1) is 0 Å². The van der Waals surface area contributed by atoms with Crippen molar-refractivity contribution in [2.75, 3.05) is 6.79 Å². The van der Waals surface area contributed by atoms with Gasteiger partial charge in [0.25, 0.3) is 5.56 Å². The van der Waals surface area contributed by atoms with E-state index in [1.165, 1.54) is 0 Å². The van der Waals surface area contributed by atoms with Crippen LogP contribution >= 0.6 is 0 Å². The third-order valence-electron chi connectivity index (χ3n) is 4.39. The monoisotopic (exact) mass is 378 g/mol. The molecule has 1 aliphatic heterocycles. The third-order valence-corrected chi connectivity index (χ3v) is 4.39. The molecule has 2 N–H and O–H groups in total. The van der Waals surface area contributed by atoms with Gasteiger partial charge in [0, 0.05) is 24.0 Å². The first-order valence-corrected chi connectivity index (χ1v) is 8.76. The van der Waals surface area contributed by atoms with Gasteiger partial charge in [0.2, 0.25) is 12.7 Å². The lowest BCUT2D eigenvalue weighted by atomic mass is 10.1. The number of fused-ring (bicyclic) bond motifs is 1. The van der Waals surface area contributed by atoms with E-state index in [4.69, 9.17) is 9.47 Å². The summed E-state index contributed by atoms with van der Waals surface area (Å²) in [6.45, 7) is 2.24. The van der Waals surface area contributed by atoms with Crippen LogP contribution in [0.15, 0.2) is 47.4 Å². The summed E-state index contributed by atoms with van der Waals surface area (Å²) >= 11 is 0. The Kier molecular flexibility index (Phi) is 4.76. The van der Waals surface area contributed by atoms with Crippen molar-refractivity contribution in [3.63, 3.8) is 0 Å². The average molecular weight is 378 g/mol. The fourth-order valence-electron chi connectivity index (χ4n) is 2.92. The Morgan fingerprint density at radius 2 is 2.07 bits per heavy atom. The highest BCUT2D eigenvalue weighted by Gasteiger charge is 2.15. The smallest absolute Gasteiger partial charge is 0.255 e. The van der Waals surface area contributed by atoms with Crippen LogP contribution in [0.5, 0.6) is 11.5 Å². The maximum absolute atomic E-state index is 12.4. The van der Waals surface area contributed by atoms with Crippen LogP contribution in [0.4, 0.5) is 0 Å². The Labute approximate surface area is 160 Å². The van der Waals surface area contributed by atoms with Crippen LogP contribution in [-0.4, -0.2) is 27.7 Å². The number of H-pyrrole nitrogens is 1. The highest BCUT2D eigenvalue weighted by molar-refractivity contribution is 5.78. The van der Waals surface area contributed by atoms with Crippen molar-refractivity contribution < 1.29 is 14.3 Å². The van der Waals surface area contributed by atoms with E-state index in [1.54, 1.807) is 31.3 Å². The number of carbonyl (C=O) groups is 1. The Morgan fingerprint density at radius 1 is 1.21 bits per heavy atom. The molecular weight excluding hydrogens is 360 g/mol. The van der Waals surface area contributed by atoms with Crippen molar-refractivity contribution in [2.45, 2.75) is 19.9 Å². The molecule has 1 amide bonds. The number of nitrogens with one attached hydrogen (secondary N) is 2. The number of benzene rings is 1. The van der Waals surface area contributed by atoms with Crippen LogP contribution in [0, 0.1) is 6.92 Å².